The third-order valence-corrected chi connectivity index (χ3v) is 3.33. The van der Waals surface area contributed by atoms with Crippen molar-refractivity contribution in [3.05, 3.63) is 21.9 Å². The van der Waals surface area contributed by atoms with Crippen LogP contribution >= 0.6 is 11.3 Å². The van der Waals surface area contributed by atoms with Crippen molar-refractivity contribution in [3.63, 3.8) is 0 Å². The number of carbonyl (C=O) groups is 2. The summed E-state index contributed by atoms with van der Waals surface area (Å²) in [6.07, 6.45) is -2.86. The van der Waals surface area contributed by atoms with Crippen LogP contribution in [0.3, 0.4) is 0 Å². The number of methoxy groups -OCH3 is 1. The van der Waals surface area contributed by atoms with E-state index in [1.807, 2.05) is 0 Å². The number of aliphatic hydroxyl groups excluding tert-OH is 2. The fourth-order valence-electron chi connectivity index (χ4n) is 1.41. The molecule has 0 aromatic carbocycles. The lowest BCUT2D eigenvalue weighted by atomic mass is 10.0. The first-order valence-electron chi connectivity index (χ1n) is 4.98. The van der Waals surface area contributed by atoms with Crippen LogP contribution in [-0.4, -0.2) is 35.2 Å². The van der Waals surface area contributed by atoms with Crippen molar-refractivity contribution in [2.45, 2.75) is 25.6 Å². The second kappa shape index (κ2) is 5.90. The standard InChI is InChI=1S/C11H14O5S/c1-6(12)11-7(3-4-17-11)10(15)8(13)5-9(14)16-2/h3-4,8,10,13,15H,5H2,1-2H3. The maximum atomic E-state index is 11.3. The Labute approximate surface area is 103 Å². The highest BCUT2D eigenvalue weighted by Crippen LogP contribution is 2.27. The van der Waals surface area contributed by atoms with Crippen molar-refractivity contribution >= 4 is 23.1 Å². The van der Waals surface area contributed by atoms with Gasteiger partial charge in [0.05, 0.1) is 24.5 Å². The Bertz CT molecular complexity index is 412. The number of esters is 1. The Morgan fingerprint density at radius 1 is 1.47 bits per heavy atom. The Morgan fingerprint density at radius 3 is 2.65 bits per heavy atom. The molecule has 0 saturated carbocycles. The van der Waals surface area contributed by atoms with E-state index in [9.17, 15) is 19.8 Å². The Balaban J connectivity index is 2.81. The minimum Gasteiger partial charge on any atom is -0.469 e. The molecule has 2 unspecified atom stereocenters. The molecule has 0 aliphatic rings. The average Bonchev–Trinajstić information content (AvgIpc) is 2.76. The molecule has 1 aromatic rings. The number of thiophene rings is 1. The van der Waals surface area contributed by atoms with Gasteiger partial charge < -0.3 is 14.9 Å². The summed E-state index contributed by atoms with van der Waals surface area (Å²) in [6, 6.07) is 1.56. The molecule has 5 nitrogen and oxygen atoms in total. The maximum Gasteiger partial charge on any atom is 0.308 e. The Hall–Kier alpha value is -1.24. The molecule has 2 atom stereocenters. The zero-order valence-electron chi connectivity index (χ0n) is 9.54. The predicted molar refractivity (Wildman–Crippen MR) is 61.9 cm³/mol. The van der Waals surface area contributed by atoms with Gasteiger partial charge in [-0.3, -0.25) is 9.59 Å². The van der Waals surface area contributed by atoms with Crippen molar-refractivity contribution in [3.8, 4) is 0 Å². The minimum absolute atomic E-state index is 0.181. The van der Waals surface area contributed by atoms with Gasteiger partial charge in [0, 0.05) is 5.56 Å². The summed E-state index contributed by atoms with van der Waals surface area (Å²) in [4.78, 5) is 22.6. The van der Waals surface area contributed by atoms with E-state index >= 15 is 0 Å². The number of Topliss-reactive ketones (excluding diaryl/α,β-unsaturated/α-hetero) is 1. The van der Waals surface area contributed by atoms with Crippen LogP contribution in [-0.2, 0) is 9.53 Å². The van der Waals surface area contributed by atoms with Crippen molar-refractivity contribution in [2.24, 2.45) is 0 Å². The summed E-state index contributed by atoms with van der Waals surface area (Å²) < 4.78 is 4.39. The lowest BCUT2D eigenvalue weighted by molar-refractivity contribution is -0.144. The third kappa shape index (κ3) is 3.36. The molecule has 0 aliphatic heterocycles. The largest absolute Gasteiger partial charge is 0.469 e. The van der Waals surface area contributed by atoms with E-state index < -0.39 is 18.2 Å². The molecule has 0 fully saturated rings. The predicted octanol–water partition coefficient (Wildman–Crippen LogP) is 0.908. The number of hydrogen-bond donors (Lipinski definition) is 2. The molecule has 2 N–H and O–H groups in total. The molecule has 1 rings (SSSR count). The van der Waals surface area contributed by atoms with Gasteiger partial charge in [-0.2, -0.15) is 0 Å². The van der Waals surface area contributed by atoms with Crippen LogP contribution in [0.5, 0.6) is 0 Å². The van der Waals surface area contributed by atoms with E-state index in [2.05, 4.69) is 4.74 Å². The quantitative estimate of drug-likeness (QED) is 0.605. The van der Waals surface area contributed by atoms with E-state index in [0.29, 0.717) is 10.4 Å². The molecular weight excluding hydrogens is 244 g/mol. The first-order valence-corrected chi connectivity index (χ1v) is 5.86. The summed E-state index contributed by atoms with van der Waals surface area (Å²) >= 11 is 1.19. The maximum absolute atomic E-state index is 11.3. The summed E-state index contributed by atoms with van der Waals surface area (Å²) in [5, 5.41) is 21.1. The Kier molecular flexibility index (Phi) is 4.80. The fraction of sp³-hybridized carbons (Fsp3) is 0.455. The van der Waals surface area contributed by atoms with Gasteiger partial charge in [0.15, 0.2) is 5.78 Å². The van der Waals surface area contributed by atoms with Crippen LogP contribution in [0.2, 0.25) is 0 Å². The number of ether oxygens (including phenoxy) is 1. The lowest BCUT2D eigenvalue weighted by Crippen LogP contribution is -2.23. The Morgan fingerprint density at radius 2 is 2.12 bits per heavy atom. The highest BCUT2D eigenvalue weighted by atomic mass is 32.1. The number of carbonyl (C=O) groups excluding carboxylic acids is 2. The molecular formula is C11H14O5S. The van der Waals surface area contributed by atoms with Crippen LogP contribution < -0.4 is 0 Å². The van der Waals surface area contributed by atoms with Gasteiger partial charge in [-0.1, -0.05) is 0 Å². The monoisotopic (exact) mass is 258 g/mol. The molecule has 0 spiro atoms. The van der Waals surface area contributed by atoms with E-state index in [0.717, 1.165) is 0 Å². The first-order chi connectivity index (χ1) is 7.97. The van der Waals surface area contributed by atoms with Crippen LogP contribution in [0.4, 0.5) is 0 Å². The highest BCUT2D eigenvalue weighted by Gasteiger charge is 2.25. The van der Waals surface area contributed by atoms with Crippen molar-refractivity contribution < 1.29 is 24.5 Å². The fourth-order valence-corrected chi connectivity index (χ4v) is 2.25. The SMILES string of the molecule is COC(=O)CC(O)C(O)c1ccsc1C(C)=O. The molecule has 1 heterocycles. The number of aliphatic hydroxyl groups is 2. The lowest BCUT2D eigenvalue weighted by Gasteiger charge is -2.16. The van der Waals surface area contributed by atoms with Gasteiger partial charge in [-0.05, 0) is 18.4 Å². The molecule has 0 saturated heterocycles. The highest BCUT2D eigenvalue weighted by molar-refractivity contribution is 7.12. The van der Waals surface area contributed by atoms with E-state index in [-0.39, 0.29) is 12.2 Å². The number of rotatable bonds is 5. The molecule has 0 radical (unpaired) electrons. The van der Waals surface area contributed by atoms with Crippen molar-refractivity contribution in [2.75, 3.05) is 7.11 Å². The molecule has 1 aromatic heterocycles. The zero-order valence-corrected chi connectivity index (χ0v) is 10.4. The van der Waals surface area contributed by atoms with Crippen LogP contribution in [0.25, 0.3) is 0 Å². The van der Waals surface area contributed by atoms with Gasteiger partial charge in [0.25, 0.3) is 0 Å². The molecule has 94 valence electrons. The van der Waals surface area contributed by atoms with Gasteiger partial charge in [0.2, 0.25) is 0 Å². The number of hydrogen-bond acceptors (Lipinski definition) is 6. The second-order valence-electron chi connectivity index (χ2n) is 3.55. The second-order valence-corrected chi connectivity index (χ2v) is 4.47. The van der Waals surface area contributed by atoms with Gasteiger partial charge in [-0.25, -0.2) is 0 Å². The zero-order chi connectivity index (χ0) is 13.0. The minimum atomic E-state index is -1.28. The van der Waals surface area contributed by atoms with Crippen LogP contribution in [0.15, 0.2) is 11.4 Å². The summed E-state index contributed by atoms with van der Waals surface area (Å²) in [5.41, 5.74) is 0.346. The molecule has 17 heavy (non-hydrogen) atoms. The van der Waals surface area contributed by atoms with E-state index in [4.69, 9.17) is 0 Å². The summed E-state index contributed by atoms with van der Waals surface area (Å²) in [6.45, 7) is 1.38. The molecule has 0 amide bonds. The smallest absolute Gasteiger partial charge is 0.308 e. The summed E-state index contributed by atoms with van der Waals surface area (Å²) in [7, 11) is 1.20. The van der Waals surface area contributed by atoms with Gasteiger partial charge >= 0.3 is 5.97 Å². The third-order valence-electron chi connectivity index (χ3n) is 2.30. The van der Waals surface area contributed by atoms with Gasteiger partial charge in [0.1, 0.15) is 6.10 Å². The molecule has 0 bridgehead atoms. The van der Waals surface area contributed by atoms with Crippen LogP contribution in [0.1, 0.15) is 34.7 Å². The van der Waals surface area contributed by atoms with E-state index in [1.165, 1.54) is 25.4 Å². The molecule has 6 heteroatoms. The molecule has 0 aliphatic carbocycles. The van der Waals surface area contributed by atoms with Crippen molar-refractivity contribution in [1.29, 1.82) is 0 Å². The van der Waals surface area contributed by atoms with Gasteiger partial charge in [-0.15, -0.1) is 11.3 Å². The summed E-state index contributed by atoms with van der Waals surface area (Å²) in [5.74, 6) is -0.796. The van der Waals surface area contributed by atoms with E-state index in [1.54, 1.807) is 11.4 Å². The first kappa shape index (κ1) is 13.8. The van der Waals surface area contributed by atoms with Crippen LogP contribution in [0, 0.1) is 0 Å². The average molecular weight is 258 g/mol. The normalized spacial score (nSPS) is 14.1. The topological polar surface area (TPSA) is 83.8 Å². The number of ketones is 1. The van der Waals surface area contributed by atoms with Crippen molar-refractivity contribution in [1.82, 2.24) is 0 Å².